The number of para-hydroxylation sites is 5. The third-order valence-corrected chi connectivity index (χ3v) is 25.0. The van der Waals surface area contributed by atoms with Crippen molar-refractivity contribution < 1.29 is 0 Å². The van der Waals surface area contributed by atoms with Crippen LogP contribution in [0.4, 0.5) is 0 Å². The molecular weight excluding hydrogens is 1230 g/mol. The van der Waals surface area contributed by atoms with Gasteiger partial charge in [0, 0.05) is 86.2 Å². The minimum absolute atomic E-state index is 0.547. The minimum Gasteiger partial charge on any atom is -0.308 e. The molecule has 16 aromatic carbocycles. The molecule has 8 aromatic heterocycles. The number of hydrogen-bond acceptors (Lipinski definition) is 0. The van der Waals surface area contributed by atoms with Crippen LogP contribution in [0.15, 0.2) is 328 Å². The second kappa shape index (κ2) is 18.1. The summed E-state index contributed by atoms with van der Waals surface area (Å²) in [6, 6.07) is 126. The first-order chi connectivity index (χ1) is 50.6. The summed E-state index contributed by atoms with van der Waals surface area (Å²) in [6.45, 7) is 0. The first-order valence-corrected chi connectivity index (χ1v) is 35.8. The van der Waals surface area contributed by atoms with Crippen molar-refractivity contribution >= 4 is 152 Å². The average Bonchev–Trinajstić information content (AvgIpc) is 1.50. The average molecular weight is 1290 g/mol. The van der Waals surface area contributed by atoms with Gasteiger partial charge in [-0.2, -0.15) is 0 Å². The summed E-state index contributed by atoms with van der Waals surface area (Å²) in [4.78, 5) is 0. The van der Waals surface area contributed by atoms with Crippen LogP contribution in [0.2, 0.25) is 0 Å². The van der Waals surface area contributed by atoms with Crippen LogP contribution in [0.25, 0.3) is 186 Å². The van der Waals surface area contributed by atoms with Gasteiger partial charge in [0.05, 0.1) is 77.0 Å². The van der Waals surface area contributed by atoms with E-state index in [2.05, 4.69) is 345 Å². The lowest BCUT2D eigenvalue weighted by atomic mass is 9.67. The molecular formula is C98H54N4. The molecule has 0 bridgehead atoms. The summed E-state index contributed by atoms with van der Waals surface area (Å²) >= 11 is 0. The molecule has 4 heteroatoms. The lowest BCUT2D eigenvalue weighted by molar-refractivity contribution is 0.769. The Bertz CT molecular complexity index is 7800. The maximum absolute atomic E-state index is 2.64. The van der Waals surface area contributed by atoms with E-state index < -0.39 is 10.8 Å². The van der Waals surface area contributed by atoms with Crippen LogP contribution < -0.4 is 0 Å². The highest BCUT2D eigenvalue weighted by molar-refractivity contribution is 6.40. The van der Waals surface area contributed by atoms with Crippen molar-refractivity contribution in [2.75, 3.05) is 0 Å². The van der Waals surface area contributed by atoms with Crippen molar-refractivity contribution in [2.45, 2.75) is 10.8 Å². The van der Waals surface area contributed by atoms with Crippen LogP contribution in [-0.4, -0.2) is 17.6 Å². The predicted octanol–water partition coefficient (Wildman–Crippen LogP) is 24.7. The lowest BCUT2D eigenvalue weighted by Gasteiger charge is -2.34. The van der Waals surface area contributed by atoms with Gasteiger partial charge in [0.25, 0.3) is 0 Å². The Morgan fingerprint density at radius 2 is 0.539 bits per heavy atom. The lowest BCUT2D eigenvalue weighted by Crippen LogP contribution is -2.28. The van der Waals surface area contributed by atoms with E-state index in [1.165, 1.54) is 230 Å². The van der Waals surface area contributed by atoms with Gasteiger partial charge in [-0.3, -0.25) is 0 Å². The van der Waals surface area contributed by atoms with Gasteiger partial charge in [-0.25, -0.2) is 0 Å². The maximum Gasteiger partial charge on any atom is 0.0714 e. The Kier molecular flexibility index (Phi) is 9.39. The molecule has 0 fully saturated rings. The summed E-state index contributed by atoms with van der Waals surface area (Å²) < 4.78 is 10.4. The molecule has 1 unspecified atom stereocenters. The summed E-state index contributed by atoms with van der Waals surface area (Å²) in [5.41, 5.74) is 31.7. The fraction of sp³-hybridized carbons (Fsp3) is 0.0204. The van der Waals surface area contributed by atoms with Crippen molar-refractivity contribution in [3.05, 3.63) is 372 Å². The zero-order valence-electron chi connectivity index (χ0n) is 55.0. The zero-order chi connectivity index (χ0) is 65.7. The molecule has 24 aromatic rings. The maximum atomic E-state index is 2.64. The Balaban J connectivity index is 0.721. The van der Waals surface area contributed by atoms with E-state index >= 15 is 0 Å². The topological polar surface area (TPSA) is 17.6 Å². The van der Waals surface area contributed by atoms with E-state index in [4.69, 9.17) is 0 Å². The third kappa shape index (κ3) is 5.90. The molecule has 2 aliphatic carbocycles. The number of hydrogen-bond donors (Lipinski definition) is 0. The highest BCUT2D eigenvalue weighted by Gasteiger charge is 2.49. The van der Waals surface area contributed by atoms with Gasteiger partial charge in [-0.05, 0) is 145 Å². The molecule has 0 amide bonds. The molecule has 0 aliphatic heterocycles. The van der Waals surface area contributed by atoms with Gasteiger partial charge in [-0.15, -0.1) is 0 Å². The summed E-state index contributed by atoms with van der Waals surface area (Å²) in [6.07, 6.45) is 0. The number of rotatable bonds is 5. The molecule has 0 spiro atoms. The fourth-order valence-electron chi connectivity index (χ4n) is 21.3. The second-order valence-electron chi connectivity index (χ2n) is 29.2. The first kappa shape index (κ1) is 52.8. The van der Waals surface area contributed by atoms with Crippen molar-refractivity contribution in [1.82, 2.24) is 17.6 Å². The molecule has 0 saturated carbocycles. The van der Waals surface area contributed by atoms with Crippen LogP contribution in [0.1, 0.15) is 44.5 Å². The highest BCUT2D eigenvalue weighted by atomic mass is 15.0. The van der Waals surface area contributed by atoms with E-state index in [9.17, 15) is 0 Å². The molecule has 26 rings (SSSR count). The van der Waals surface area contributed by atoms with Crippen LogP contribution in [-0.2, 0) is 10.8 Å². The van der Waals surface area contributed by atoms with Crippen LogP contribution in [0.5, 0.6) is 0 Å². The summed E-state index contributed by atoms with van der Waals surface area (Å²) in [5, 5.41) is 20.7. The summed E-state index contributed by atoms with van der Waals surface area (Å²) in [5.74, 6) is 0. The largest absolute Gasteiger partial charge is 0.308 e. The van der Waals surface area contributed by atoms with E-state index in [0.717, 1.165) is 0 Å². The van der Waals surface area contributed by atoms with Crippen molar-refractivity contribution in [1.29, 1.82) is 0 Å². The standard InChI is InChI=1S/C98H54N4/c1-4-22-57(23-5-1)97(58-24-6-2-7-25-58)77-37-15-10-29-62(77)71-50-73-75-52-87-90(69-35-20-33-65-63-30-12-17-39-81(63)101(87)93(65)69)92-76-48-56(44-47-84(76)100(96(75)92)86(73)54-79(71)97)55-42-45-60(46-43-55)98(59-26-8-3-9-27-59)78-38-16-11-28-61(78)70-49-72-66-34-21-36-68-89-88(102(94(66)68)85(72)53-80(70)98)51-74-64-31-13-18-40-82(64)99-83-41-19-14-32-67(83)91(89)95(74)99/h1-54H. The predicted molar refractivity (Wildman–Crippen MR) is 425 cm³/mol. The molecule has 8 heterocycles. The quantitative estimate of drug-likeness (QED) is 0.163. The smallest absolute Gasteiger partial charge is 0.0714 e. The van der Waals surface area contributed by atoms with Gasteiger partial charge >= 0.3 is 0 Å². The molecule has 1 atom stereocenters. The second-order valence-corrected chi connectivity index (χ2v) is 29.2. The number of aromatic nitrogens is 4. The van der Waals surface area contributed by atoms with Gasteiger partial charge in [-0.1, -0.05) is 261 Å². The molecule has 102 heavy (non-hydrogen) atoms. The van der Waals surface area contributed by atoms with E-state index in [1.54, 1.807) is 0 Å². The first-order valence-electron chi connectivity index (χ1n) is 35.8. The molecule has 466 valence electrons. The molecule has 0 N–H and O–H groups in total. The molecule has 0 saturated heterocycles. The minimum atomic E-state index is -0.647. The van der Waals surface area contributed by atoms with Crippen molar-refractivity contribution in [2.24, 2.45) is 0 Å². The van der Waals surface area contributed by atoms with Gasteiger partial charge in [0.15, 0.2) is 0 Å². The zero-order valence-corrected chi connectivity index (χ0v) is 55.0. The van der Waals surface area contributed by atoms with Gasteiger partial charge in [0.1, 0.15) is 0 Å². The Morgan fingerprint density at radius 1 is 0.167 bits per heavy atom. The Labute approximate surface area is 582 Å². The van der Waals surface area contributed by atoms with Crippen LogP contribution in [0, 0.1) is 0 Å². The molecule has 2 aliphatic rings. The third-order valence-electron chi connectivity index (χ3n) is 25.0. The monoisotopic (exact) mass is 1290 g/mol. The van der Waals surface area contributed by atoms with Crippen LogP contribution in [0.3, 0.4) is 0 Å². The number of benzene rings is 16. The SMILES string of the molecule is c1ccc(C2(c3ccc(-c4ccc5c(c4)c4c6c7cccc8c9ccccc9n(c6cc6c9cc%10c(cc9n5c64)C(c4ccccc4)(c4ccccc4)c4ccccc4-%10)c87)cc3)c3ccccc3-c3cc4c5cccc6c7c8c9ccccc9n9c%10ccccc%10c(cc7n(c4cc32)c56)c89)cc1. The molecule has 0 radical (unpaired) electrons. The van der Waals surface area contributed by atoms with E-state index in [1.807, 2.05) is 0 Å². The highest BCUT2D eigenvalue weighted by Crippen LogP contribution is 2.61. The van der Waals surface area contributed by atoms with Crippen molar-refractivity contribution in [3.63, 3.8) is 0 Å². The fourth-order valence-corrected chi connectivity index (χ4v) is 21.3. The Hall–Kier alpha value is -13.3. The summed E-state index contributed by atoms with van der Waals surface area (Å²) in [7, 11) is 0. The van der Waals surface area contributed by atoms with Crippen molar-refractivity contribution in [3.8, 4) is 33.4 Å². The molecule has 4 nitrogen and oxygen atoms in total. The Morgan fingerprint density at radius 3 is 1.10 bits per heavy atom. The van der Waals surface area contributed by atoms with Gasteiger partial charge in [0.2, 0.25) is 0 Å². The van der Waals surface area contributed by atoms with Gasteiger partial charge < -0.3 is 17.6 Å². The number of nitrogens with zero attached hydrogens (tertiary/aromatic N) is 4. The number of fused-ring (bicyclic) bond motifs is 32. The van der Waals surface area contributed by atoms with Crippen LogP contribution >= 0.6 is 0 Å². The van der Waals surface area contributed by atoms with E-state index in [0.29, 0.717) is 0 Å². The normalized spacial score (nSPS) is 15.2. The van der Waals surface area contributed by atoms with E-state index in [-0.39, 0.29) is 0 Å².